The minimum Gasteiger partial charge on any atom is -0.422 e. The predicted octanol–water partition coefficient (Wildman–Crippen LogP) is 4.49. The summed E-state index contributed by atoms with van der Waals surface area (Å²) in [6.45, 7) is 2.05. The van der Waals surface area contributed by atoms with Crippen molar-refractivity contribution >= 4 is 28.4 Å². The number of hydrogen-bond acceptors (Lipinski definition) is 6. The van der Waals surface area contributed by atoms with Crippen LogP contribution in [0.1, 0.15) is 29.6 Å². The van der Waals surface area contributed by atoms with Gasteiger partial charge in [-0.15, -0.1) is 10.2 Å². The molecule has 0 radical (unpaired) electrons. The van der Waals surface area contributed by atoms with Gasteiger partial charge in [-0.1, -0.05) is 30.3 Å². The van der Waals surface area contributed by atoms with Crippen molar-refractivity contribution < 1.29 is 9.21 Å². The number of aromatic nitrogens is 2. The number of carbonyl (C=O) groups excluding carboxylic acids is 1. The van der Waals surface area contributed by atoms with Crippen LogP contribution in [0.4, 0.5) is 11.5 Å². The fourth-order valence-corrected chi connectivity index (χ4v) is 3.91. The lowest BCUT2D eigenvalue weighted by Gasteiger charge is -2.27. The zero-order chi connectivity index (χ0) is 21.9. The molecule has 0 aliphatic carbocycles. The topological polar surface area (TPSA) is 88.3 Å². The van der Waals surface area contributed by atoms with Crippen molar-refractivity contribution in [1.29, 1.82) is 0 Å². The van der Waals surface area contributed by atoms with Gasteiger partial charge in [0.15, 0.2) is 5.82 Å². The van der Waals surface area contributed by atoms with E-state index < -0.39 is 11.5 Å². The van der Waals surface area contributed by atoms with Crippen LogP contribution in [0.5, 0.6) is 0 Å². The number of anilines is 2. The smallest absolute Gasteiger partial charge is 0.349 e. The van der Waals surface area contributed by atoms with Crippen LogP contribution in [0, 0.1) is 0 Å². The lowest BCUT2D eigenvalue weighted by Crippen LogP contribution is -2.30. The number of nitrogens with zero attached hydrogens (tertiary/aromatic N) is 3. The summed E-state index contributed by atoms with van der Waals surface area (Å²) in [6, 6.07) is 19.9. The summed E-state index contributed by atoms with van der Waals surface area (Å²) in [7, 11) is 0. The summed E-state index contributed by atoms with van der Waals surface area (Å²) < 4.78 is 5.25. The Kier molecular flexibility index (Phi) is 5.37. The lowest BCUT2D eigenvalue weighted by atomic mass is 10.1. The van der Waals surface area contributed by atoms with Crippen LogP contribution >= 0.6 is 0 Å². The molecule has 1 aliphatic rings. The number of fused-ring (bicyclic) bond motifs is 1. The van der Waals surface area contributed by atoms with Crippen LogP contribution in [0.25, 0.3) is 22.2 Å². The van der Waals surface area contributed by atoms with Crippen LogP contribution in [0.15, 0.2) is 75.9 Å². The Morgan fingerprint density at radius 1 is 0.906 bits per heavy atom. The zero-order valence-electron chi connectivity index (χ0n) is 17.5. The van der Waals surface area contributed by atoms with E-state index in [1.165, 1.54) is 19.3 Å². The van der Waals surface area contributed by atoms with Crippen molar-refractivity contribution in [2.45, 2.75) is 19.3 Å². The highest BCUT2D eigenvalue weighted by atomic mass is 16.4. The minimum absolute atomic E-state index is 0.0352. The van der Waals surface area contributed by atoms with Crippen LogP contribution in [0.3, 0.4) is 0 Å². The van der Waals surface area contributed by atoms with E-state index in [0.717, 1.165) is 30.2 Å². The molecule has 1 amide bonds. The van der Waals surface area contributed by atoms with Gasteiger partial charge in [0.05, 0.1) is 5.69 Å². The largest absolute Gasteiger partial charge is 0.422 e. The number of amides is 1. The zero-order valence-corrected chi connectivity index (χ0v) is 17.5. The number of piperidine rings is 1. The summed E-state index contributed by atoms with van der Waals surface area (Å²) in [6.07, 6.45) is 3.66. The van der Waals surface area contributed by atoms with Crippen LogP contribution < -0.4 is 15.8 Å². The van der Waals surface area contributed by atoms with E-state index in [0.29, 0.717) is 16.7 Å². The molecule has 0 saturated carbocycles. The third-order valence-electron chi connectivity index (χ3n) is 5.66. The number of hydrogen-bond donors (Lipinski definition) is 1. The second kappa shape index (κ2) is 8.63. The van der Waals surface area contributed by atoms with E-state index in [-0.39, 0.29) is 5.56 Å². The molecule has 7 heteroatoms. The number of nitrogens with one attached hydrogen (secondary N) is 1. The Morgan fingerprint density at radius 2 is 1.69 bits per heavy atom. The predicted molar refractivity (Wildman–Crippen MR) is 124 cm³/mol. The Morgan fingerprint density at radius 3 is 2.44 bits per heavy atom. The van der Waals surface area contributed by atoms with E-state index in [2.05, 4.69) is 20.4 Å². The second-order valence-corrected chi connectivity index (χ2v) is 7.84. The van der Waals surface area contributed by atoms with Gasteiger partial charge in [0.2, 0.25) is 0 Å². The Balaban J connectivity index is 1.30. The van der Waals surface area contributed by atoms with E-state index in [4.69, 9.17) is 4.42 Å². The maximum absolute atomic E-state index is 12.6. The first-order chi connectivity index (χ1) is 15.7. The number of benzene rings is 2. The van der Waals surface area contributed by atoms with Crippen molar-refractivity contribution in [1.82, 2.24) is 10.2 Å². The first kappa shape index (κ1) is 19.9. The second-order valence-electron chi connectivity index (χ2n) is 7.84. The number of para-hydroxylation sites is 1. The third kappa shape index (κ3) is 4.09. The van der Waals surface area contributed by atoms with Crippen molar-refractivity contribution in [2.24, 2.45) is 0 Å². The van der Waals surface area contributed by atoms with Gasteiger partial charge in [-0.3, -0.25) is 4.79 Å². The molecule has 2 aromatic carbocycles. The first-order valence-electron chi connectivity index (χ1n) is 10.7. The fraction of sp³-hybridized carbons (Fsp3) is 0.200. The molecule has 0 unspecified atom stereocenters. The molecular weight excluding hydrogens is 404 g/mol. The molecule has 0 bridgehead atoms. The van der Waals surface area contributed by atoms with E-state index >= 15 is 0 Å². The first-order valence-corrected chi connectivity index (χ1v) is 10.7. The van der Waals surface area contributed by atoms with Crippen molar-refractivity contribution in [3.05, 3.63) is 82.7 Å². The van der Waals surface area contributed by atoms with Crippen LogP contribution in [-0.4, -0.2) is 29.2 Å². The van der Waals surface area contributed by atoms with Gasteiger partial charge in [-0.25, -0.2) is 4.79 Å². The highest BCUT2D eigenvalue weighted by Gasteiger charge is 2.15. The van der Waals surface area contributed by atoms with Gasteiger partial charge in [0.1, 0.15) is 11.1 Å². The summed E-state index contributed by atoms with van der Waals surface area (Å²) in [5, 5.41) is 12.2. The van der Waals surface area contributed by atoms with Crippen LogP contribution in [0.2, 0.25) is 0 Å². The van der Waals surface area contributed by atoms with Gasteiger partial charge in [-0.2, -0.15) is 0 Å². The maximum atomic E-state index is 12.6. The molecule has 1 N–H and O–H groups in total. The molecule has 5 rings (SSSR count). The minimum atomic E-state index is -0.665. The molecule has 160 valence electrons. The van der Waals surface area contributed by atoms with E-state index in [1.807, 2.05) is 30.3 Å². The van der Waals surface area contributed by atoms with Crippen molar-refractivity contribution in [2.75, 3.05) is 23.3 Å². The molecule has 1 saturated heterocycles. The van der Waals surface area contributed by atoms with Gasteiger partial charge >= 0.3 is 5.63 Å². The van der Waals surface area contributed by atoms with E-state index in [9.17, 15) is 9.59 Å². The SMILES string of the molecule is O=C(Nc1ccc(-c2ccc(N3CCCCC3)nn2)cc1)c1cc2ccccc2oc1=O. The van der Waals surface area contributed by atoms with Crippen molar-refractivity contribution in [3.63, 3.8) is 0 Å². The van der Waals surface area contributed by atoms with Gasteiger partial charge in [0, 0.05) is 29.7 Å². The number of carbonyl (C=O) groups is 1. The molecule has 2 aromatic heterocycles. The Hall–Kier alpha value is -4.00. The monoisotopic (exact) mass is 426 g/mol. The molecule has 1 fully saturated rings. The van der Waals surface area contributed by atoms with Gasteiger partial charge in [0.25, 0.3) is 5.91 Å². The normalized spacial score (nSPS) is 13.8. The molecular formula is C25H22N4O3. The molecule has 1 aliphatic heterocycles. The summed E-state index contributed by atoms with van der Waals surface area (Å²) in [5.74, 6) is 0.398. The third-order valence-corrected chi connectivity index (χ3v) is 5.66. The molecule has 4 aromatic rings. The Labute approximate surface area is 184 Å². The number of rotatable bonds is 4. The lowest BCUT2D eigenvalue weighted by molar-refractivity contribution is 0.102. The molecule has 0 atom stereocenters. The Bertz CT molecular complexity index is 1310. The average Bonchev–Trinajstić information content (AvgIpc) is 2.85. The average molecular weight is 426 g/mol. The molecule has 32 heavy (non-hydrogen) atoms. The van der Waals surface area contributed by atoms with Gasteiger partial charge in [-0.05, 0) is 55.7 Å². The van der Waals surface area contributed by atoms with Crippen molar-refractivity contribution in [3.8, 4) is 11.3 Å². The van der Waals surface area contributed by atoms with E-state index in [1.54, 1.807) is 36.4 Å². The summed E-state index contributed by atoms with van der Waals surface area (Å²) >= 11 is 0. The maximum Gasteiger partial charge on any atom is 0.349 e. The highest BCUT2D eigenvalue weighted by molar-refractivity contribution is 6.05. The standard InChI is InChI=1S/C25H22N4O3/c30-24(20-16-18-6-2-3-7-22(18)32-25(20)31)26-19-10-8-17(9-11-19)21-12-13-23(28-27-21)29-14-4-1-5-15-29/h2-3,6-13,16H,1,4-5,14-15H2,(H,26,30). The summed E-state index contributed by atoms with van der Waals surface area (Å²) in [4.78, 5) is 27.1. The van der Waals surface area contributed by atoms with Crippen LogP contribution in [-0.2, 0) is 0 Å². The van der Waals surface area contributed by atoms with Gasteiger partial charge < -0.3 is 14.6 Å². The molecule has 7 nitrogen and oxygen atoms in total. The summed E-state index contributed by atoms with van der Waals surface area (Å²) in [5.41, 5.74) is 1.98. The molecule has 0 spiro atoms. The quantitative estimate of drug-likeness (QED) is 0.484. The fourth-order valence-electron chi connectivity index (χ4n) is 3.91. The highest BCUT2D eigenvalue weighted by Crippen LogP contribution is 2.22. The molecule has 3 heterocycles.